The summed E-state index contributed by atoms with van der Waals surface area (Å²) in [5, 5.41) is 0. The van der Waals surface area contributed by atoms with Crippen LogP contribution in [-0.4, -0.2) is 21.2 Å². The summed E-state index contributed by atoms with van der Waals surface area (Å²) in [5.74, 6) is 0. The van der Waals surface area contributed by atoms with Crippen LogP contribution < -0.4 is 10.5 Å². The first kappa shape index (κ1) is 15.9. The lowest BCUT2D eigenvalue weighted by atomic mass is 10.2. The van der Waals surface area contributed by atoms with Gasteiger partial charge in [0, 0.05) is 10.6 Å². The van der Waals surface area contributed by atoms with Gasteiger partial charge in [0.15, 0.2) is 0 Å². The van der Waals surface area contributed by atoms with Gasteiger partial charge in [-0.05, 0) is 61.2 Å². The van der Waals surface area contributed by atoms with Gasteiger partial charge in [0.1, 0.15) is 0 Å². The van der Waals surface area contributed by atoms with E-state index in [4.69, 9.17) is 5.73 Å². The number of nitrogens with two attached hydrogens (primary N) is 1. The Hall–Kier alpha value is -1.50. The van der Waals surface area contributed by atoms with Crippen LogP contribution in [0.25, 0.3) is 0 Å². The van der Waals surface area contributed by atoms with Crippen molar-refractivity contribution in [3.63, 3.8) is 0 Å². The molecule has 4 nitrogen and oxygen atoms in total. The van der Waals surface area contributed by atoms with Crippen molar-refractivity contribution in [1.82, 2.24) is 0 Å². The number of thioether (sulfide) groups is 1. The van der Waals surface area contributed by atoms with Gasteiger partial charge in [0.05, 0.1) is 4.90 Å². The molecule has 2 rings (SSSR count). The highest BCUT2D eigenvalue weighted by molar-refractivity contribution is 7.98. The van der Waals surface area contributed by atoms with E-state index in [1.54, 1.807) is 48.2 Å². The first-order chi connectivity index (χ1) is 10.0. The second-order valence-electron chi connectivity index (χ2n) is 4.52. The molecule has 0 unspecified atom stereocenters. The Labute approximate surface area is 129 Å². The van der Waals surface area contributed by atoms with Crippen LogP contribution in [-0.2, 0) is 16.4 Å². The predicted octanol–water partition coefficient (Wildman–Crippen LogP) is 2.71. The molecule has 6 heteroatoms. The lowest BCUT2D eigenvalue weighted by Crippen LogP contribution is -2.13. The van der Waals surface area contributed by atoms with E-state index in [0.29, 0.717) is 12.2 Å². The number of benzene rings is 2. The van der Waals surface area contributed by atoms with Crippen LogP contribution in [0, 0.1) is 0 Å². The average Bonchev–Trinajstić information content (AvgIpc) is 2.48. The summed E-state index contributed by atoms with van der Waals surface area (Å²) in [5.41, 5.74) is 7.06. The van der Waals surface area contributed by atoms with Gasteiger partial charge >= 0.3 is 0 Å². The van der Waals surface area contributed by atoms with Crippen molar-refractivity contribution in [3.8, 4) is 0 Å². The van der Waals surface area contributed by atoms with Crippen molar-refractivity contribution in [1.29, 1.82) is 0 Å². The molecule has 0 heterocycles. The SMILES string of the molecule is CSc1ccc(NS(=O)(=O)c2ccc(CCN)cc2)cc1. The highest BCUT2D eigenvalue weighted by Crippen LogP contribution is 2.20. The van der Waals surface area contributed by atoms with E-state index in [1.165, 1.54) is 0 Å². The highest BCUT2D eigenvalue weighted by Gasteiger charge is 2.13. The molecule has 0 aliphatic heterocycles. The van der Waals surface area contributed by atoms with E-state index in [0.717, 1.165) is 16.9 Å². The fourth-order valence-corrected chi connectivity index (χ4v) is 3.34. The van der Waals surface area contributed by atoms with Crippen molar-refractivity contribution in [2.75, 3.05) is 17.5 Å². The van der Waals surface area contributed by atoms with E-state index >= 15 is 0 Å². The average molecular weight is 322 g/mol. The first-order valence-corrected chi connectivity index (χ1v) is 9.22. The van der Waals surface area contributed by atoms with Crippen LogP contribution >= 0.6 is 11.8 Å². The Kier molecular flexibility index (Phi) is 5.27. The van der Waals surface area contributed by atoms with Gasteiger partial charge in [-0.2, -0.15) is 0 Å². The molecule has 0 fully saturated rings. The Morgan fingerprint density at radius 3 is 2.19 bits per heavy atom. The smallest absolute Gasteiger partial charge is 0.261 e. The van der Waals surface area contributed by atoms with Gasteiger partial charge in [-0.15, -0.1) is 11.8 Å². The van der Waals surface area contributed by atoms with Crippen LogP contribution in [0.5, 0.6) is 0 Å². The van der Waals surface area contributed by atoms with E-state index in [-0.39, 0.29) is 4.90 Å². The topological polar surface area (TPSA) is 72.2 Å². The molecule has 21 heavy (non-hydrogen) atoms. The van der Waals surface area contributed by atoms with Crippen LogP contribution in [0.15, 0.2) is 58.3 Å². The molecular weight excluding hydrogens is 304 g/mol. The minimum absolute atomic E-state index is 0.247. The lowest BCUT2D eigenvalue weighted by molar-refractivity contribution is 0.601. The molecule has 0 bridgehead atoms. The summed E-state index contributed by atoms with van der Waals surface area (Å²) in [6, 6.07) is 14.1. The van der Waals surface area contributed by atoms with Crippen LogP contribution in [0.2, 0.25) is 0 Å². The summed E-state index contributed by atoms with van der Waals surface area (Å²) in [6.07, 6.45) is 2.71. The second kappa shape index (κ2) is 6.98. The normalized spacial score (nSPS) is 11.3. The van der Waals surface area contributed by atoms with Gasteiger partial charge in [0.2, 0.25) is 0 Å². The van der Waals surface area contributed by atoms with Crippen LogP contribution in [0.1, 0.15) is 5.56 Å². The quantitative estimate of drug-likeness (QED) is 0.802. The summed E-state index contributed by atoms with van der Waals surface area (Å²) in [6.45, 7) is 0.548. The highest BCUT2D eigenvalue weighted by atomic mass is 32.2. The van der Waals surface area contributed by atoms with Gasteiger partial charge in [-0.1, -0.05) is 12.1 Å². The molecule has 0 saturated carbocycles. The molecule has 0 aliphatic carbocycles. The zero-order chi connectivity index (χ0) is 15.3. The minimum Gasteiger partial charge on any atom is -0.330 e. The fourth-order valence-electron chi connectivity index (χ4n) is 1.88. The Balaban J connectivity index is 2.16. The van der Waals surface area contributed by atoms with Gasteiger partial charge in [0.25, 0.3) is 10.0 Å². The molecular formula is C15H18N2O2S2. The molecule has 3 N–H and O–H groups in total. The molecule has 0 saturated heterocycles. The monoisotopic (exact) mass is 322 g/mol. The van der Waals surface area contributed by atoms with Crippen molar-refractivity contribution in [2.45, 2.75) is 16.2 Å². The maximum Gasteiger partial charge on any atom is 0.261 e. The van der Waals surface area contributed by atoms with Crippen LogP contribution in [0.3, 0.4) is 0 Å². The molecule has 112 valence electrons. The third-order valence-corrected chi connectivity index (χ3v) is 5.15. The van der Waals surface area contributed by atoms with Gasteiger partial charge < -0.3 is 5.73 Å². The van der Waals surface area contributed by atoms with E-state index < -0.39 is 10.0 Å². The lowest BCUT2D eigenvalue weighted by Gasteiger charge is -2.09. The zero-order valence-corrected chi connectivity index (χ0v) is 13.4. The van der Waals surface area contributed by atoms with Crippen molar-refractivity contribution in [3.05, 3.63) is 54.1 Å². The largest absolute Gasteiger partial charge is 0.330 e. The van der Waals surface area contributed by atoms with E-state index in [9.17, 15) is 8.42 Å². The van der Waals surface area contributed by atoms with Gasteiger partial charge in [-0.25, -0.2) is 8.42 Å². The van der Waals surface area contributed by atoms with Crippen LogP contribution in [0.4, 0.5) is 5.69 Å². The first-order valence-electron chi connectivity index (χ1n) is 6.51. The number of hydrogen-bond acceptors (Lipinski definition) is 4. The second-order valence-corrected chi connectivity index (χ2v) is 7.08. The standard InChI is InChI=1S/C15H18N2O2S2/c1-20-14-6-4-13(5-7-14)17-21(18,19)15-8-2-12(3-9-15)10-11-16/h2-9,17H,10-11,16H2,1H3. The molecule has 2 aromatic carbocycles. The third kappa shape index (κ3) is 4.23. The maximum absolute atomic E-state index is 12.3. The van der Waals surface area contributed by atoms with Crippen molar-refractivity contribution >= 4 is 27.5 Å². The Morgan fingerprint density at radius 1 is 1.05 bits per heavy atom. The Morgan fingerprint density at radius 2 is 1.67 bits per heavy atom. The number of anilines is 1. The van der Waals surface area contributed by atoms with Crippen molar-refractivity contribution in [2.24, 2.45) is 5.73 Å². The summed E-state index contributed by atoms with van der Waals surface area (Å²) < 4.78 is 27.1. The molecule has 0 radical (unpaired) electrons. The number of rotatable bonds is 6. The molecule has 0 aliphatic rings. The fraction of sp³-hybridized carbons (Fsp3) is 0.200. The van der Waals surface area contributed by atoms with E-state index in [1.807, 2.05) is 18.4 Å². The Bertz CT molecular complexity index is 681. The van der Waals surface area contributed by atoms with E-state index in [2.05, 4.69) is 4.72 Å². The van der Waals surface area contributed by atoms with Crippen molar-refractivity contribution < 1.29 is 8.42 Å². The number of sulfonamides is 1. The number of nitrogens with one attached hydrogen (secondary N) is 1. The molecule has 0 spiro atoms. The summed E-state index contributed by atoms with van der Waals surface area (Å²) in [4.78, 5) is 1.33. The minimum atomic E-state index is -3.55. The number of hydrogen-bond donors (Lipinski definition) is 2. The predicted molar refractivity (Wildman–Crippen MR) is 88.2 cm³/mol. The molecule has 0 aromatic heterocycles. The molecule has 2 aromatic rings. The molecule has 0 atom stereocenters. The van der Waals surface area contributed by atoms with Gasteiger partial charge in [-0.3, -0.25) is 4.72 Å². The summed E-state index contributed by atoms with van der Waals surface area (Å²) in [7, 11) is -3.55. The third-order valence-electron chi connectivity index (χ3n) is 3.01. The molecule has 0 amide bonds. The maximum atomic E-state index is 12.3. The zero-order valence-electron chi connectivity index (χ0n) is 11.7. The summed E-state index contributed by atoms with van der Waals surface area (Å²) >= 11 is 1.61.